The first-order valence-electron chi connectivity index (χ1n) is 8.11. The lowest BCUT2D eigenvalue weighted by atomic mass is 9.93. The van der Waals surface area contributed by atoms with E-state index in [4.69, 9.17) is 23.2 Å². The highest BCUT2D eigenvalue weighted by Gasteiger charge is 2.32. The third-order valence-corrected chi connectivity index (χ3v) is 5.76. The molecule has 1 aromatic carbocycles. The van der Waals surface area contributed by atoms with Crippen molar-refractivity contribution < 1.29 is 13.2 Å². The highest BCUT2D eigenvalue weighted by molar-refractivity contribution is 7.92. The molecule has 0 unspecified atom stereocenters. The van der Waals surface area contributed by atoms with E-state index in [1.165, 1.54) is 19.1 Å². The van der Waals surface area contributed by atoms with Crippen LogP contribution in [0.4, 0.5) is 5.69 Å². The molecule has 0 saturated heterocycles. The molecule has 0 radical (unpaired) electrons. The van der Waals surface area contributed by atoms with Crippen LogP contribution in [0.3, 0.4) is 0 Å². The zero-order valence-corrected chi connectivity index (χ0v) is 17.7. The summed E-state index contributed by atoms with van der Waals surface area (Å²) in [6, 6.07) is 3.48. The fourth-order valence-electron chi connectivity index (χ4n) is 2.82. The molecule has 0 aliphatic carbocycles. The number of carbonyl (C=O) groups excluding carboxylic acids is 1. The first-order chi connectivity index (χ1) is 11.4. The molecule has 1 rings (SSSR count). The van der Waals surface area contributed by atoms with Gasteiger partial charge in [-0.2, -0.15) is 0 Å². The molecular weight excluding hydrogens is 383 g/mol. The molecule has 1 N–H and O–H groups in total. The molecule has 0 fully saturated rings. The van der Waals surface area contributed by atoms with Crippen LogP contribution in [-0.2, 0) is 14.8 Å². The van der Waals surface area contributed by atoms with Crippen molar-refractivity contribution in [2.75, 3.05) is 10.6 Å². The number of anilines is 1. The van der Waals surface area contributed by atoms with Crippen molar-refractivity contribution in [2.24, 2.45) is 11.8 Å². The number of nitrogens with one attached hydrogen (secondary N) is 1. The van der Waals surface area contributed by atoms with E-state index in [1.807, 2.05) is 27.7 Å². The lowest BCUT2D eigenvalue weighted by Crippen LogP contribution is -2.52. The zero-order chi connectivity index (χ0) is 19.5. The van der Waals surface area contributed by atoms with Gasteiger partial charge in [0.15, 0.2) is 0 Å². The topological polar surface area (TPSA) is 66.5 Å². The van der Waals surface area contributed by atoms with Gasteiger partial charge < -0.3 is 5.32 Å². The van der Waals surface area contributed by atoms with Crippen LogP contribution in [0.2, 0.25) is 10.0 Å². The molecule has 25 heavy (non-hydrogen) atoms. The number of rotatable bonds is 7. The van der Waals surface area contributed by atoms with Crippen molar-refractivity contribution in [1.82, 2.24) is 5.32 Å². The Morgan fingerprint density at radius 1 is 1.08 bits per heavy atom. The smallest absolute Gasteiger partial charge is 0.243 e. The minimum Gasteiger partial charge on any atom is -0.351 e. The predicted octanol–water partition coefficient (Wildman–Crippen LogP) is 3.94. The Morgan fingerprint density at radius 3 is 2.04 bits per heavy atom. The maximum atomic E-state index is 12.7. The summed E-state index contributed by atoms with van der Waals surface area (Å²) in [5.74, 6) is 0.0593. The molecule has 8 heteroatoms. The predicted molar refractivity (Wildman–Crippen MR) is 105 cm³/mol. The van der Waals surface area contributed by atoms with Crippen molar-refractivity contribution in [2.45, 2.75) is 46.7 Å². The lowest BCUT2D eigenvalue weighted by molar-refractivity contribution is -0.123. The van der Waals surface area contributed by atoms with Gasteiger partial charge in [0.05, 0.1) is 17.0 Å². The first-order valence-corrected chi connectivity index (χ1v) is 10.7. The Morgan fingerprint density at radius 2 is 1.60 bits per heavy atom. The maximum Gasteiger partial charge on any atom is 0.243 e. The van der Waals surface area contributed by atoms with Gasteiger partial charge in [-0.1, -0.05) is 50.9 Å². The van der Waals surface area contributed by atoms with Crippen LogP contribution in [0.5, 0.6) is 0 Å². The molecule has 0 saturated carbocycles. The highest BCUT2D eigenvalue weighted by Crippen LogP contribution is 2.32. The Balaban J connectivity index is 3.24. The summed E-state index contributed by atoms with van der Waals surface area (Å²) in [6.07, 6.45) is 1.04. The second-order valence-corrected chi connectivity index (χ2v) is 9.56. The largest absolute Gasteiger partial charge is 0.351 e. The third-order valence-electron chi connectivity index (χ3n) is 3.98. The van der Waals surface area contributed by atoms with E-state index in [-0.39, 0.29) is 34.5 Å². The molecule has 1 amide bonds. The average Bonchev–Trinajstić information content (AvgIpc) is 2.46. The van der Waals surface area contributed by atoms with Gasteiger partial charge in [0.2, 0.25) is 15.9 Å². The van der Waals surface area contributed by atoms with Crippen LogP contribution < -0.4 is 9.62 Å². The van der Waals surface area contributed by atoms with Gasteiger partial charge in [0, 0.05) is 11.1 Å². The molecule has 1 aromatic rings. The fourth-order valence-corrected chi connectivity index (χ4v) is 4.43. The molecular formula is C17H26Cl2N2O3S. The van der Waals surface area contributed by atoms with Crippen LogP contribution in [0.25, 0.3) is 0 Å². The number of nitrogens with zero attached hydrogens (tertiary/aromatic N) is 1. The van der Waals surface area contributed by atoms with E-state index in [0.717, 1.165) is 10.6 Å². The summed E-state index contributed by atoms with van der Waals surface area (Å²) in [5.41, 5.74) is 0.185. The van der Waals surface area contributed by atoms with Crippen LogP contribution in [0, 0.1) is 11.8 Å². The van der Waals surface area contributed by atoms with E-state index in [0.29, 0.717) is 5.02 Å². The zero-order valence-electron chi connectivity index (χ0n) is 15.4. The minimum atomic E-state index is -3.75. The second-order valence-electron chi connectivity index (χ2n) is 6.85. The Labute approximate surface area is 160 Å². The van der Waals surface area contributed by atoms with Gasteiger partial charge >= 0.3 is 0 Å². The van der Waals surface area contributed by atoms with Crippen LogP contribution >= 0.6 is 23.2 Å². The molecule has 5 nitrogen and oxygen atoms in total. The van der Waals surface area contributed by atoms with Gasteiger partial charge in [-0.15, -0.1) is 0 Å². The molecule has 0 bridgehead atoms. The summed E-state index contributed by atoms with van der Waals surface area (Å²) in [7, 11) is -3.75. The Bertz CT molecular complexity index is 713. The van der Waals surface area contributed by atoms with Crippen molar-refractivity contribution in [3.8, 4) is 0 Å². The number of carbonyl (C=O) groups is 1. The first kappa shape index (κ1) is 22.1. The summed E-state index contributed by atoms with van der Waals surface area (Å²) in [4.78, 5) is 12.7. The maximum absolute atomic E-state index is 12.7. The Kier molecular flexibility index (Phi) is 7.59. The number of sulfonamides is 1. The summed E-state index contributed by atoms with van der Waals surface area (Å²) >= 11 is 12.1. The number of halogens is 2. The molecule has 142 valence electrons. The average molecular weight is 409 g/mol. The van der Waals surface area contributed by atoms with E-state index < -0.39 is 16.1 Å². The minimum absolute atomic E-state index is 0.0637. The third kappa shape index (κ3) is 5.76. The monoisotopic (exact) mass is 408 g/mol. The molecule has 0 aliphatic rings. The fraction of sp³-hybridized carbons (Fsp3) is 0.588. The molecule has 0 spiro atoms. The van der Waals surface area contributed by atoms with Gasteiger partial charge in [-0.05, 0) is 37.0 Å². The standard InChI is InChI=1S/C17H26Cl2N2O3S/c1-10(2)16(11(3)4)20-17(22)12(5)21(25(6,23)24)15-9-13(18)7-8-14(15)19/h7-12,16H,1-6H3,(H,20,22)/t12-/m1/s1. The lowest BCUT2D eigenvalue weighted by Gasteiger charge is -2.32. The quantitative estimate of drug-likeness (QED) is 0.742. The summed E-state index contributed by atoms with van der Waals surface area (Å²) < 4.78 is 25.7. The van der Waals surface area contributed by atoms with Crippen LogP contribution in [-0.4, -0.2) is 32.7 Å². The van der Waals surface area contributed by atoms with Crippen molar-refractivity contribution in [3.63, 3.8) is 0 Å². The van der Waals surface area contributed by atoms with E-state index in [1.54, 1.807) is 6.07 Å². The Hall–Kier alpha value is -0.980. The molecule has 1 atom stereocenters. The van der Waals surface area contributed by atoms with Crippen LogP contribution in [0.1, 0.15) is 34.6 Å². The van der Waals surface area contributed by atoms with Gasteiger partial charge in [-0.3, -0.25) is 9.10 Å². The van der Waals surface area contributed by atoms with Gasteiger partial charge in [-0.25, -0.2) is 8.42 Å². The van der Waals surface area contributed by atoms with E-state index in [2.05, 4.69) is 5.32 Å². The van der Waals surface area contributed by atoms with Gasteiger partial charge in [0.1, 0.15) is 6.04 Å². The number of hydrogen-bond acceptors (Lipinski definition) is 3. The summed E-state index contributed by atoms with van der Waals surface area (Å²) in [6.45, 7) is 9.58. The van der Waals surface area contributed by atoms with Crippen molar-refractivity contribution in [1.29, 1.82) is 0 Å². The van der Waals surface area contributed by atoms with Gasteiger partial charge in [0.25, 0.3) is 0 Å². The van der Waals surface area contributed by atoms with E-state index >= 15 is 0 Å². The highest BCUT2D eigenvalue weighted by atomic mass is 35.5. The van der Waals surface area contributed by atoms with Crippen LogP contribution in [0.15, 0.2) is 18.2 Å². The molecule has 0 aromatic heterocycles. The second kappa shape index (κ2) is 8.60. The summed E-state index contributed by atoms with van der Waals surface area (Å²) in [5, 5.41) is 3.49. The number of benzene rings is 1. The molecule has 0 heterocycles. The van der Waals surface area contributed by atoms with Crippen molar-refractivity contribution >= 4 is 44.8 Å². The molecule has 0 aliphatic heterocycles. The number of amides is 1. The SMILES string of the molecule is CC(C)C(NC(=O)[C@@H](C)N(c1cc(Cl)ccc1Cl)S(C)(=O)=O)C(C)C. The van der Waals surface area contributed by atoms with E-state index in [9.17, 15) is 13.2 Å². The van der Waals surface area contributed by atoms with Crippen molar-refractivity contribution in [3.05, 3.63) is 28.2 Å². The number of hydrogen-bond donors (Lipinski definition) is 1. The normalized spacial score (nSPS) is 13.4.